The number of hydrogen-bond acceptors (Lipinski definition) is 5. The smallest absolute Gasteiger partial charge is 0.159 e. The lowest BCUT2D eigenvalue weighted by Crippen LogP contribution is -2.19. The summed E-state index contributed by atoms with van der Waals surface area (Å²) in [6.45, 7) is 7.36. The van der Waals surface area contributed by atoms with Gasteiger partial charge in [-0.05, 0) is 51.0 Å². The molecule has 0 aliphatic rings. The van der Waals surface area contributed by atoms with Crippen molar-refractivity contribution in [3.8, 4) is 11.1 Å². The number of nitrogens with zero attached hydrogens (tertiary/aromatic N) is 3. The van der Waals surface area contributed by atoms with Crippen LogP contribution in [0.25, 0.3) is 22.0 Å². The first-order valence-corrected chi connectivity index (χ1v) is 10.6. The minimum Gasteiger partial charge on any atom is -0.382 e. The normalized spacial score (nSPS) is 12.7. The van der Waals surface area contributed by atoms with E-state index in [1.54, 1.807) is 26.2 Å². The molecule has 0 aliphatic carbocycles. The second-order valence-electron chi connectivity index (χ2n) is 8.25. The Bertz CT molecular complexity index is 1220. The Hall–Kier alpha value is -3.02. The summed E-state index contributed by atoms with van der Waals surface area (Å²) >= 11 is 6.70. The molecule has 2 aromatic carbocycles. The van der Waals surface area contributed by atoms with Crippen molar-refractivity contribution in [3.05, 3.63) is 83.0 Å². The van der Waals surface area contributed by atoms with Gasteiger partial charge in [-0.2, -0.15) is 0 Å². The van der Waals surface area contributed by atoms with Crippen molar-refractivity contribution in [2.45, 2.75) is 39.3 Å². The van der Waals surface area contributed by atoms with Gasteiger partial charge in [-0.15, -0.1) is 0 Å². The van der Waals surface area contributed by atoms with Crippen molar-refractivity contribution in [1.29, 1.82) is 0 Å². The Balaban J connectivity index is 1.78. The van der Waals surface area contributed by atoms with Crippen LogP contribution in [0.15, 0.2) is 60.9 Å². The summed E-state index contributed by atoms with van der Waals surface area (Å²) in [6.07, 6.45) is 3.45. The fourth-order valence-corrected chi connectivity index (χ4v) is 3.72. The summed E-state index contributed by atoms with van der Waals surface area (Å²) < 4.78 is 0. The topological polar surface area (TPSA) is 70.9 Å². The van der Waals surface area contributed by atoms with E-state index in [0.717, 1.165) is 33.4 Å². The maximum Gasteiger partial charge on any atom is 0.159 e. The first-order chi connectivity index (χ1) is 14.7. The molecule has 2 N–H and O–H groups in total. The highest BCUT2D eigenvalue weighted by atomic mass is 35.5. The number of benzene rings is 2. The third kappa shape index (κ3) is 4.38. The van der Waals surface area contributed by atoms with E-state index in [0.29, 0.717) is 10.8 Å². The van der Waals surface area contributed by atoms with Crippen LogP contribution in [-0.2, 0) is 5.60 Å². The van der Waals surface area contributed by atoms with Crippen LogP contribution in [0, 0.1) is 6.92 Å². The van der Waals surface area contributed by atoms with E-state index in [9.17, 15) is 5.11 Å². The predicted molar refractivity (Wildman–Crippen MR) is 126 cm³/mol. The molecule has 0 radical (unpaired) electrons. The van der Waals surface area contributed by atoms with Gasteiger partial charge in [0, 0.05) is 29.4 Å². The van der Waals surface area contributed by atoms with Crippen LogP contribution in [0.4, 0.5) is 5.69 Å². The summed E-state index contributed by atoms with van der Waals surface area (Å²) in [7, 11) is 0. The van der Waals surface area contributed by atoms with Gasteiger partial charge < -0.3 is 10.4 Å². The molecule has 1 unspecified atom stereocenters. The van der Waals surface area contributed by atoms with E-state index in [4.69, 9.17) is 11.6 Å². The lowest BCUT2D eigenvalue weighted by Gasteiger charge is -2.20. The highest BCUT2D eigenvalue weighted by Gasteiger charge is 2.20. The van der Waals surface area contributed by atoms with E-state index < -0.39 is 5.60 Å². The Labute approximate surface area is 187 Å². The van der Waals surface area contributed by atoms with Crippen molar-refractivity contribution >= 4 is 28.2 Å². The molecule has 0 amide bonds. The highest BCUT2D eigenvalue weighted by Crippen LogP contribution is 2.37. The summed E-state index contributed by atoms with van der Waals surface area (Å²) in [6, 6.07) is 16.3. The Morgan fingerprint density at radius 3 is 2.32 bits per heavy atom. The third-order valence-corrected chi connectivity index (χ3v) is 5.75. The van der Waals surface area contributed by atoms with E-state index in [-0.39, 0.29) is 6.04 Å². The van der Waals surface area contributed by atoms with E-state index >= 15 is 0 Å². The number of aliphatic hydroxyl groups is 1. The van der Waals surface area contributed by atoms with Crippen LogP contribution in [0.5, 0.6) is 0 Å². The maximum atomic E-state index is 10.1. The zero-order valence-corrected chi connectivity index (χ0v) is 18.8. The van der Waals surface area contributed by atoms with E-state index in [1.165, 1.54) is 5.56 Å². The van der Waals surface area contributed by atoms with Crippen LogP contribution in [0.1, 0.15) is 43.9 Å². The average molecular weight is 433 g/mol. The van der Waals surface area contributed by atoms with Gasteiger partial charge in [0.1, 0.15) is 5.60 Å². The van der Waals surface area contributed by atoms with Crippen LogP contribution >= 0.6 is 11.6 Å². The summed E-state index contributed by atoms with van der Waals surface area (Å²) in [4.78, 5) is 13.3. The Kier molecular flexibility index (Phi) is 5.65. The molecule has 2 heterocycles. The van der Waals surface area contributed by atoms with Crippen LogP contribution in [0.3, 0.4) is 0 Å². The van der Waals surface area contributed by atoms with Gasteiger partial charge >= 0.3 is 0 Å². The summed E-state index contributed by atoms with van der Waals surface area (Å²) in [5.74, 6) is 0.386. The van der Waals surface area contributed by atoms with Gasteiger partial charge in [-0.3, -0.25) is 4.98 Å². The minimum atomic E-state index is -1.08. The quantitative estimate of drug-likeness (QED) is 0.401. The summed E-state index contributed by atoms with van der Waals surface area (Å²) in [5.41, 5.74) is 4.40. The van der Waals surface area contributed by atoms with Gasteiger partial charge in [0.05, 0.1) is 21.9 Å². The molecule has 0 saturated carbocycles. The lowest BCUT2D eigenvalue weighted by molar-refractivity contribution is 0.0687. The molecule has 4 rings (SSSR count). The largest absolute Gasteiger partial charge is 0.382 e. The van der Waals surface area contributed by atoms with Crippen molar-refractivity contribution in [2.75, 3.05) is 5.32 Å². The molecule has 5 nitrogen and oxygen atoms in total. The zero-order valence-electron chi connectivity index (χ0n) is 18.0. The zero-order chi connectivity index (χ0) is 22.2. The van der Waals surface area contributed by atoms with Gasteiger partial charge in [-0.25, -0.2) is 9.97 Å². The second kappa shape index (κ2) is 8.25. The lowest BCUT2D eigenvalue weighted by atomic mass is 10.0. The number of rotatable bonds is 5. The Morgan fingerprint density at radius 1 is 1.00 bits per heavy atom. The number of aromatic nitrogens is 3. The molecule has 1 atom stereocenters. The molecule has 2 aromatic heterocycles. The molecule has 31 heavy (non-hydrogen) atoms. The molecule has 158 valence electrons. The molecule has 0 aliphatic heterocycles. The number of anilines is 1. The monoisotopic (exact) mass is 432 g/mol. The highest BCUT2D eigenvalue weighted by molar-refractivity contribution is 6.35. The predicted octanol–water partition coefficient (Wildman–Crippen LogP) is 6.05. The molecular formula is C25H25ClN4O. The number of halogens is 1. The van der Waals surface area contributed by atoms with E-state index in [1.807, 2.05) is 37.3 Å². The molecule has 0 bridgehead atoms. The standard InChI is InChI=1S/C25H25ClN4O/c1-15(17-8-6-5-7-9-17)30-23-20-12-18(10-11-21(20)29-16(2)22(23)26)19-13-27-24(28-14-19)25(3,4)31/h5-15,31H,1-4H3,(H,29,30). The molecule has 0 fully saturated rings. The SMILES string of the molecule is Cc1nc2ccc(-c3cnc(C(C)(C)O)nc3)cc2c(NC(C)c2ccccc2)c1Cl. The minimum absolute atomic E-state index is 0.0711. The van der Waals surface area contributed by atoms with Crippen LogP contribution in [-0.4, -0.2) is 20.1 Å². The first-order valence-electron chi connectivity index (χ1n) is 10.2. The summed E-state index contributed by atoms with van der Waals surface area (Å²) in [5, 5.41) is 15.2. The van der Waals surface area contributed by atoms with Crippen molar-refractivity contribution < 1.29 is 5.11 Å². The fraction of sp³-hybridized carbons (Fsp3) is 0.240. The molecule has 4 aromatic rings. The fourth-order valence-electron chi connectivity index (χ4n) is 3.52. The number of fused-ring (bicyclic) bond motifs is 1. The molecule has 0 spiro atoms. The van der Waals surface area contributed by atoms with Crippen LogP contribution in [0.2, 0.25) is 5.02 Å². The Morgan fingerprint density at radius 2 is 1.68 bits per heavy atom. The van der Waals surface area contributed by atoms with Crippen molar-refractivity contribution in [1.82, 2.24) is 15.0 Å². The van der Waals surface area contributed by atoms with Crippen molar-refractivity contribution in [2.24, 2.45) is 0 Å². The van der Waals surface area contributed by atoms with Gasteiger partial charge in [0.25, 0.3) is 0 Å². The van der Waals surface area contributed by atoms with Gasteiger partial charge in [0.2, 0.25) is 0 Å². The van der Waals surface area contributed by atoms with Crippen LogP contribution < -0.4 is 5.32 Å². The first kappa shape index (κ1) is 21.2. The van der Waals surface area contributed by atoms with Gasteiger partial charge in [-0.1, -0.05) is 48.0 Å². The number of hydrogen-bond donors (Lipinski definition) is 2. The number of nitrogens with one attached hydrogen (secondary N) is 1. The second-order valence-corrected chi connectivity index (χ2v) is 8.63. The average Bonchev–Trinajstić information content (AvgIpc) is 2.76. The van der Waals surface area contributed by atoms with Crippen molar-refractivity contribution in [3.63, 3.8) is 0 Å². The number of pyridine rings is 1. The molecular weight excluding hydrogens is 408 g/mol. The maximum absolute atomic E-state index is 10.1. The number of aryl methyl sites for hydroxylation is 1. The third-order valence-electron chi connectivity index (χ3n) is 5.28. The van der Waals surface area contributed by atoms with Gasteiger partial charge in [0.15, 0.2) is 5.82 Å². The van der Waals surface area contributed by atoms with E-state index in [2.05, 4.69) is 45.4 Å². The molecule has 0 saturated heterocycles. The molecule has 6 heteroatoms.